The summed E-state index contributed by atoms with van der Waals surface area (Å²) < 4.78 is 5.36. The maximum Gasteiger partial charge on any atom is 0.331 e. The highest BCUT2D eigenvalue weighted by molar-refractivity contribution is 9.10. The highest BCUT2D eigenvalue weighted by atomic mass is 79.9. The summed E-state index contributed by atoms with van der Waals surface area (Å²) in [6, 6.07) is 0.485. The largest absolute Gasteiger partial charge is 0.464 e. The number of aliphatic hydroxyl groups is 1. The molecule has 1 aromatic rings. The predicted octanol–water partition coefficient (Wildman–Crippen LogP) is 0.498. The SMILES string of the molecule is CCOC(=O)[C@@H](CO)NC(=O)c1cncc(Br)c1. The van der Waals surface area contributed by atoms with Crippen LogP contribution in [0.2, 0.25) is 0 Å². The number of carbonyl (C=O) groups excluding carboxylic acids is 2. The number of carbonyl (C=O) groups is 2. The van der Waals surface area contributed by atoms with Crippen molar-refractivity contribution in [1.29, 1.82) is 0 Å². The second kappa shape index (κ2) is 7.07. The van der Waals surface area contributed by atoms with Crippen LogP contribution in [-0.2, 0) is 9.53 Å². The molecule has 1 aromatic heterocycles. The number of pyridine rings is 1. The Morgan fingerprint density at radius 1 is 1.56 bits per heavy atom. The van der Waals surface area contributed by atoms with Crippen LogP contribution in [0.4, 0.5) is 0 Å². The fourth-order valence-corrected chi connectivity index (χ4v) is 1.56. The molecule has 0 aliphatic carbocycles. The molecule has 2 N–H and O–H groups in total. The van der Waals surface area contributed by atoms with Gasteiger partial charge >= 0.3 is 5.97 Å². The van der Waals surface area contributed by atoms with Crippen LogP contribution in [0.3, 0.4) is 0 Å². The van der Waals surface area contributed by atoms with Crippen molar-refractivity contribution in [2.75, 3.05) is 13.2 Å². The molecule has 18 heavy (non-hydrogen) atoms. The zero-order valence-corrected chi connectivity index (χ0v) is 11.3. The van der Waals surface area contributed by atoms with E-state index >= 15 is 0 Å². The number of aliphatic hydroxyl groups excluding tert-OH is 1. The van der Waals surface area contributed by atoms with Crippen molar-refractivity contribution in [2.24, 2.45) is 0 Å². The Balaban J connectivity index is 2.70. The molecule has 98 valence electrons. The standard InChI is InChI=1S/C11H13BrN2O4/c1-2-18-11(17)9(6-15)14-10(16)7-3-8(12)5-13-4-7/h3-5,9,15H,2,6H2,1H3,(H,14,16)/t9-/m1/s1. The number of halogens is 1. The van der Waals surface area contributed by atoms with E-state index in [1.807, 2.05) is 0 Å². The number of rotatable bonds is 5. The Bertz CT molecular complexity index is 439. The van der Waals surface area contributed by atoms with E-state index in [0.717, 1.165) is 0 Å². The van der Waals surface area contributed by atoms with Gasteiger partial charge in [0.05, 0.1) is 18.8 Å². The quantitative estimate of drug-likeness (QED) is 0.772. The zero-order chi connectivity index (χ0) is 13.5. The van der Waals surface area contributed by atoms with Crippen LogP contribution in [0.5, 0.6) is 0 Å². The lowest BCUT2D eigenvalue weighted by Gasteiger charge is -2.14. The molecule has 6 nitrogen and oxygen atoms in total. The number of aromatic nitrogens is 1. The summed E-state index contributed by atoms with van der Waals surface area (Å²) in [5, 5.41) is 11.4. The number of hydrogen-bond donors (Lipinski definition) is 2. The van der Waals surface area contributed by atoms with Crippen molar-refractivity contribution in [3.8, 4) is 0 Å². The van der Waals surface area contributed by atoms with Crippen LogP contribution in [0.25, 0.3) is 0 Å². The van der Waals surface area contributed by atoms with Crippen LogP contribution in [0.1, 0.15) is 17.3 Å². The zero-order valence-electron chi connectivity index (χ0n) is 9.72. The summed E-state index contributed by atoms with van der Waals surface area (Å²) in [6.45, 7) is 1.31. The van der Waals surface area contributed by atoms with Gasteiger partial charge in [-0.25, -0.2) is 4.79 Å². The van der Waals surface area contributed by atoms with E-state index in [-0.39, 0.29) is 12.2 Å². The second-order valence-corrected chi connectivity index (χ2v) is 4.27. The fraction of sp³-hybridized carbons (Fsp3) is 0.364. The highest BCUT2D eigenvalue weighted by Gasteiger charge is 2.21. The average Bonchev–Trinajstić information content (AvgIpc) is 2.35. The Labute approximate surface area is 112 Å². The summed E-state index contributed by atoms with van der Waals surface area (Å²) in [5.41, 5.74) is 0.284. The van der Waals surface area contributed by atoms with Gasteiger partial charge < -0.3 is 15.2 Å². The van der Waals surface area contributed by atoms with Gasteiger partial charge in [0.25, 0.3) is 5.91 Å². The summed E-state index contributed by atoms with van der Waals surface area (Å²) >= 11 is 3.18. The molecule has 1 heterocycles. The normalized spacial score (nSPS) is 11.7. The van der Waals surface area contributed by atoms with E-state index in [4.69, 9.17) is 9.84 Å². The Morgan fingerprint density at radius 3 is 2.83 bits per heavy atom. The molecule has 0 bridgehead atoms. The molecular formula is C11H13BrN2O4. The molecule has 0 fully saturated rings. The number of hydrogen-bond acceptors (Lipinski definition) is 5. The van der Waals surface area contributed by atoms with Crippen LogP contribution >= 0.6 is 15.9 Å². The first-order valence-corrected chi connectivity index (χ1v) is 6.06. The predicted molar refractivity (Wildman–Crippen MR) is 66.9 cm³/mol. The van der Waals surface area contributed by atoms with Gasteiger partial charge in [-0.2, -0.15) is 0 Å². The van der Waals surface area contributed by atoms with E-state index in [0.29, 0.717) is 4.47 Å². The third kappa shape index (κ3) is 4.08. The molecule has 0 aliphatic heterocycles. The Hall–Kier alpha value is -1.47. The molecule has 1 amide bonds. The number of esters is 1. The topological polar surface area (TPSA) is 88.5 Å². The van der Waals surface area contributed by atoms with Crippen LogP contribution < -0.4 is 5.32 Å². The first kappa shape index (κ1) is 14.6. The number of nitrogens with one attached hydrogen (secondary N) is 1. The molecule has 0 radical (unpaired) electrons. The minimum absolute atomic E-state index is 0.184. The van der Waals surface area contributed by atoms with E-state index in [2.05, 4.69) is 26.2 Å². The summed E-state index contributed by atoms with van der Waals surface area (Å²) in [4.78, 5) is 27.0. The van der Waals surface area contributed by atoms with Gasteiger partial charge in [-0.05, 0) is 28.9 Å². The Morgan fingerprint density at radius 2 is 2.28 bits per heavy atom. The maximum atomic E-state index is 11.8. The maximum absolute atomic E-state index is 11.8. The molecule has 1 atom stereocenters. The minimum Gasteiger partial charge on any atom is -0.464 e. The van der Waals surface area contributed by atoms with Gasteiger partial charge in [0.2, 0.25) is 0 Å². The lowest BCUT2D eigenvalue weighted by Crippen LogP contribution is -2.44. The smallest absolute Gasteiger partial charge is 0.331 e. The van der Waals surface area contributed by atoms with E-state index < -0.39 is 24.5 Å². The van der Waals surface area contributed by atoms with Gasteiger partial charge in [0, 0.05) is 16.9 Å². The molecule has 0 spiro atoms. The highest BCUT2D eigenvalue weighted by Crippen LogP contribution is 2.09. The summed E-state index contributed by atoms with van der Waals surface area (Å²) in [7, 11) is 0. The van der Waals surface area contributed by atoms with Crippen molar-refractivity contribution in [3.05, 3.63) is 28.5 Å². The van der Waals surface area contributed by atoms with Crippen LogP contribution in [-0.4, -0.2) is 41.2 Å². The summed E-state index contributed by atoms with van der Waals surface area (Å²) in [5.74, 6) is -1.17. The number of amides is 1. The van der Waals surface area contributed by atoms with E-state index in [1.165, 1.54) is 12.4 Å². The van der Waals surface area contributed by atoms with Gasteiger partial charge in [-0.15, -0.1) is 0 Å². The van der Waals surface area contributed by atoms with Crippen molar-refractivity contribution < 1.29 is 19.4 Å². The molecule has 7 heteroatoms. The molecule has 0 unspecified atom stereocenters. The van der Waals surface area contributed by atoms with Gasteiger partial charge in [-0.1, -0.05) is 0 Å². The lowest BCUT2D eigenvalue weighted by molar-refractivity contribution is -0.146. The van der Waals surface area contributed by atoms with Crippen molar-refractivity contribution >= 4 is 27.8 Å². The summed E-state index contributed by atoms with van der Waals surface area (Å²) in [6.07, 6.45) is 2.89. The van der Waals surface area contributed by atoms with Gasteiger partial charge in [-0.3, -0.25) is 9.78 Å². The first-order valence-electron chi connectivity index (χ1n) is 5.27. The average molecular weight is 317 g/mol. The molecule has 0 saturated heterocycles. The third-order valence-electron chi connectivity index (χ3n) is 2.03. The number of nitrogens with zero attached hydrogens (tertiary/aromatic N) is 1. The molecular weight excluding hydrogens is 304 g/mol. The molecule has 0 aliphatic rings. The minimum atomic E-state index is -1.07. The van der Waals surface area contributed by atoms with Crippen molar-refractivity contribution in [1.82, 2.24) is 10.3 Å². The van der Waals surface area contributed by atoms with E-state index in [1.54, 1.807) is 13.0 Å². The van der Waals surface area contributed by atoms with Crippen molar-refractivity contribution in [2.45, 2.75) is 13.0 Å². The number of ether oxygens (including phenoxy) is 1. The van der Waals surface area contributed by atoms with E-state index in [9.17, 15) is 9.59 Å². The molecule has 0 saturated carbocycles. The third-order valence-corrected chi connectivity index (χ3v) is 2.46. The van der Waals surface area contributed by atoms with Gasteiger partial charge in [0.1, 0.15) is 0 Å². The molecule has 1 rings (SSSR count). The van der Waals surface area contributed by atoms with Crippen LogP contribution in [0.15, 0.2) is 22.9 Å². The second-order valence-electron chi connectivity index (χ2n) is 3.35. The van der Waals surface area contributed by atoms with Crippen molar-refractivity contribution in [3.63, 3.8) is 0 Å². The molecule has 0 aromatic carbocycles. The fourth-order valence-electron chi connectivity index (χ4n) is 1.20. The monoisotopic (exact) mass is 316 g/mol. The Kier molecular flexibility index (Phi) is 5.73. The first-order chi connectivity index (χ1) is 8.58. The lowest BCUT2D eigenvalue weighted by atomic mass is 10.2. The van der Waals surface area contributed by atoms with Crippen LogP contribution in [0, 0.1) is 0 Å². The van der Waals surface area contributed by atoms with Gasteiger partial charge in [0.15, 0.2) is 6.04 Å².